The highest BCUT2D eigenvalue weighted by molar-refractivity contribution is 6.52. The number of carbonyl (C=O) groups is 3. The number of rotatable bonds is 3. The second kappa shape index (κ2) is 6.30. The Labute approximate surface area is 163 Å². The lowest BCUT2D eigenvalue weighted by atomic mass is 9.94. The lowest BCUT2D eigenvalue weighted by molar-refractivity contribution is -0.122. The molecule has 7 nitrogen and oxygen atoms in total. The van der Waals surface area contributed by atoms with Gasteiger partial charge >= 0.3 is 0 Å². The Kier molecular flexibility index (Phi) is 3.73. The molecule has 142 valence electrons. The molecular weight excluding hydrogens is 375 g/mol. The number of Topliss-reactive ketones (excluding diaryl/α,β-unsaturated/α-hetero) is 1. The topological polar surface area (TPSA) is 91.7 Å². The van der Waals surface area contributed by atoms with Crippen LogP contribution in [0.2, 0.25) is 0 Å². The zero-order chi connectivity index (χ0) is 20.1. The van der Waals surface area contributed by atoms with E-state index in [1.165, 1.54) is 18.2 Å². The minimum absolute atomic E-state index is 0.0740. The molecule has 8 heteroatoms. The lowest BCUT2D eigenvalue weighted by Gasteiger charge is -2.15. The summed E-state index contributed by atoms with van der Waals surface area (Å²) in [7, 11) is 0. The number of fused-ring (bicyclic) bond motifs is 2. The molecule has 2 aliphatic heterocycles. The van der Waals surface area contributed by atoms with Crippen molar-refractivity contribution < 1.29 is 18.8 Å². The monoisotopic (exact) mass is 388 g/mol. The number of hydrogen-bond donors (Lipinski definition) is 1. The first-order chi connectivity index (χ1) is 14.0. The Morgan fingerprint density at radius 1 is 1.00 bits per heavy atom. The van der Waals surface area contributed by atoms with Crippen molar-refractivity contribution >= 4 is 39.9 Å². The maximum absolute atomic E-state index is 13.6. The summed E-state index contributed by atoms with van der Waals surface area (Å²) in [5, 5.41) is 4.83. The number of halogens is 1. The third-order valence-electron chi connectivity index (χ3n) is 5.05. The molecule has 3 heterocycles. The minimum Gasteiger partial charge on any atom is -0.296 e. The molecule has 0 radical (unpaired) electrons. The highest BCUT2D eigenvalue weighted by Gasteiger charge is 2.55. The smallest absolute Gasteiger partial charge is 0.259 e. The van der Waals surface area contributed by atoms with Gasteiger partial charge in [-0.2, -0.15) is 5.10 Å². The molecule has 2 atom stereocenters. The zero-order valence-electron chi connectivity index (χ0n) is 14.9. The molecule has 29 heavy (non-hydrogen) atoms. The fourth-order valence-electron chi connectivity index (χ4n) is 3.67. The van der Waals surface area contributed by atoms with Gasteiger partial charge in [-0.25, -0.2) is 14.3 Å². The molecule has 1 aromatic heterocycles. The van der Waals surface area contributed by atoms with Crippen LogP contribution in [-0.4, -0.2) is 34.3 Å². The van der Waals surface area contributed by atoms with Crippen LogP contribution < -0.4 is 10.3 Å². The SMILES string of the molecule is O=C(C1=NN[C@H]2C(=O)N(c3cccc(F)c3)C(=O)[C@@H]12)c1ccc2ccccc2n1. The van der Waals surface area contributed by atoms with E-state index < -0.39 is 35.4 Å². The van der Waals surface area contributed by atoms with Crippen molar-refractivity contribution in [3.8, 4) is 0 Å². The molecule has 2 aliphatic rings. The standard InChI is InChI=1S/C21H13FN4O3/c22-12-5-3-6-13(10-12)26-20(28)16-17(24-25-18(16)21(26)29)19(27)15-9-8-11-4-1-2-7-14(11)23-15/h1-10,16,18,25H/t16-,18+/m0/s1. The van der Waals surface area contributed by atoms with Crippen LogP contribution in [0.5, 0.6) is 0 Å². The van der Waals surface area contributed by atoms with Gasteiger partial charge in [-0.15, -0.1) is 0 Å². The maximum Gasteiger partial charge on any atom is 0.259 e. The Bertz CT molecular complexity index is 1240. The van der Waals surface area contributed by atoms with Gasteiger partial charge in [0.05, 0.1) is 11.2 Å². The minimum atomic E-state index is -1.08. The van der Waals surface area contributed by atoms with Gasteiger partial charge in [-0.05, 0) is 30.3 Å². The largest absolute Gasteiger partial charge is 0.296 e. The molecule has 1 saturated heterocycles. The van der Waals surface area contributed by atoms with Crippen LogP contribution in [0.15, 0.2) is 65.8 Å². The second-order valence-corrected chi connectivity index (χ2v) is 6.79. The number of nitrogens with one attached hydrogen (secondary N) is 1. The first-order valence-electron chi connectivity index (χ1n) is 8.91. The number of hydrogen-bond acceptors (Lipinski definition) is 6. The molecular formula is C21H13FN4O3. The highest BCUT2D eigenvalue weighted by Crippen LogP contribution is 2.31. The van der Waals surface area contributed by atoms with Gasteiger partial charge in [0.2, 0.25) is 11.7 Å². The maximum atomic E-state index is 13.6. The number of para-hydroxylation sites is 1. The number of benzene rings is 2. The summed E-state index contributed by atoms with van der Waals surface area (Å²) in [6, 6.07) is 14.8. The van der Waals surface area contributed by atoms with Gasteiger partial charge in [0.15, 0.2) is 0 Å². The van der Waals surface area contributed by atoms with E-state index in [0.717, 1.165) is 16.4 Å². The van der Waals surface area contributed by atoms with E-state index in [2.05, 4.69) is 15.5 Å². The zero-order valence-corrected chi connectivity index (χ0v) is 14.9. The summed E-state index contributed by atoms with van der Waals surface area (Å²) in [6.07, 6.45) is 0. The first-order valence-corrected chi connectivity index (χ1v) is 8.91. The van der Waals surface area contributed by atoms with Gasteiger partial charge in [-0.1, -0.05) is 30.3 Å². The van der Waals surface area contributed by atoms with Crippen molar-refractivity contribution in [3.63, 3.8) is 0 Å². The number of imide groups is 1. The average Bonchev–Trinajstić information content (AvgIpc) is 3.27. The van der Waals surface area contributed by atoms with Crippen LogP contribution in [0.3, 0.4) is 0 Å². The first kappa shape index (κ1) is 17.2. The lowest BCUT2D eigenvalue weighted by Crippen LogP contribution is -2.36. The molecule has 0 aliphatic carbocycles. The second-order valence-electron chi connectivity index (χ2n) is 6.79. The van der Waals surface area contributed by atoms with Crippen LogP contribution in [-0.2, 0) is 9.59 Å². The molecule has 0 unspecified atom stereocenters. The molecule has 2 amide bonds. The normalized spacial score (nSPS) is 20.6. The summed E-state index contributed by atoms with van der Waals surface area (Å²) >= 11 is 0. The fourth-order valence-corrected chi connectivity index (χ4v) is 3.67. The molecule has 1 N–H and O–H groups in total. The number of aromatic nitrogens is 1. The van der Waals surface area contributed by atoms with Crippen molar-refractivity contribution in [2.75, 3.05) is 4.90 Å². The molecule has 2 aromatic carbocycles. The van der Waals surface area contributed by atoms with Gasteiger partial charge in [0, 0.05) is 5.39 Å². The third kappa shape index (κ3) is 2.60. The molecule has 5 rings (SSSR count). The number of amides is 2. The van der Waals surface area contributed by atoms with Crippen LogP contribution in [0.1, 0.15) is 10.5 Å². The van der Waals surface area contributed by atoms with Crippen LogP contribution in [0.25, 0.3) is 10.9 Å². The van der Waals surface area contributed by atoms with Crippen LogP contribution in [0.4, 0.5) is 10.1 Å². The average molecular weight is 388 g/mol. The van der Waals surface area contributed by atoms with Crippen molar-refractivity contribution in [1.82, 2.24) is 10.4 Å². The molecule has 3 aromatic rings. The number of hydrazone groups is 1. The highest BCUT2D eigenvalue weighted by atomic mass is 19.1. The Hall–Kier alpha value is -3.94. The van der Waals surface area contributed by atoms with E-state index in [0.29, 0.717) is 5.52 Å². The van der Waals surface area contributed by atoms with Crippen molar-refractivity contribution in [2.45, 2.75) is 6.04 Å². The van der Waals surface area contributed by atoms with E-state index in [-0.39, 0.29) is 17.1 Å². The number of nitrogens with zero attached hydrogens (tertiary/aromatic N) is 3. The van der Waals surface area contributed by atoms with Crippen LogP contribution >= 0.6 is 0 Å². The van der Waals surface area contributed by atoms with Crippen molar-refractivity contribution in [3.05, 3.63) is 72.2 Å². The predicted molar refractivity (Wildman–Crippen MR) is 103 cm³/mol. The Balaban J connectivity index is 1.49. The van der Waals surface area contributed by atoms with E-state index in [4.69, 9.17) is 0 Å². The number of pyridine rings is 1. The number of anilines is 1. The Morgan fingerprint density at radius 3 is 2.66 bits per heavy atom. The van der Waals surface area contributed by atoms with Gasteiger partial charge in [-0.3, -0.25) is 19.8 Å². The van der Waals surface area contributed by atoms with E-state index in [1.807, 2.05) is 18.2 Å². The van der Waals surface area contributed by atoms with E-state index in [1.54, 1.807) is 18.2 Å². The van der Waals surface area contributed by atoms with E-state index >= 15 is 0 Å². The van der Waals surface area contributed by atoms with Gasteiger partial charge in [0.1, 0.15) is 29.2 Å². The predicted octanol–water partition coefficient (Wildman–Crippen LogP) is 2.07. The van der Waals surface area contributed by atoms with Crippen molar-refractivity contribution in [1.29, 1.82) is 0 Å². The molecule has 0 saturated carbocycles. The van der Waals surface area contributed by atoms with Crippen LogP contribution in [0, 0.1) is 11.7 Å². The van der Waals surface area contributed by atoms with Crippen molar-refractivity contribution in [2.24, 2.45) is 11.0 Å². The summed E-state index contributed by atoms with van der Waals surface area (Å²) < 4.78 is 13.6. The summed E-state index contributed by atoms with van der Waals surface area (Å²) in [4.78, 5) is 43.9. The van der Waals surface area contributed by atoms with Gasteiger partial charge in [0.25, 0.3) is 5.91 Å². The molecule has 1 fully saturated rings. The quantitative estimate of drug-likeness (QED) is 0.548. The Morgan fingerprint density at radius 2 is 1.83 bits per heavy atom. The third-order valence-corrected chi connectivity index (χ3v) is 5.05. The number of carbonyl (C=O) groups excluding carboxylic acids is 3. The fraction of sp³-hybridized carbons (Fsp3) is 0.0952. The van der Waals surface area contributed by atoms with Gasteiger partial charge < -0.3 is 0 Å². The summed E-state index contributed by atoms with van der Waals surface area (Å²) in [6.45, 7) is 0. The summed E-state index contributed by atoms with van der Waals surface area (Å²) in [5.41, 5.74) is 3.40. The van der Waals surface area contributed by atoms with E-state index in [9.17, 15) is 18.8 Å². The molecule has 0 bridgehead atoms. The molecule has 0 spiro atoms. The number of ketones is 1. The summed E-state index contributed by atoms with van der Waals surface area (Å²) in [5.74, 6) is -3.38.